The highest BCUT2D eigenvalue weighted by molar-refractivity contribution is 5.03. The summed E-state index contributed by atoms with van der Waals surface area (Å²) in [6.07, 6.45) is 2.84. The van der Waals surface area contributed by atoms with Crippen molar-refractivity contribution in [3.05, 3.63) is 40.2 Å². The van der Waals surface area contributed by atoms with Crippen molar-refractivity contribution in [2.24, 2.45) is 0 Å². The Morgan fingerprint density at radius 2 is 2.00 bits per heavy atom. The van der Waals surface area contributed by atoms with Crippen LogP contribution in [0.2, 0.25) is 0 Å². The summed E-state index contributed by atoms with van der Waals surface area (Å²) in [5, 5.41) is 11.9. The minimum atomic E-state index is -0.500. The topological polar surface area (TPSA) is 68.1 Å². The fraction of sp³-hybridized carbons (Fsp3) is 0.545. The molecule has 5 heteroatoms. The molecule has 0 bridgehead atoms. The van der Waals surface area contributed by atoms with Crippen molar-refractivity contribution in [1.29, 1.82) is 0 Å². The van der Waals surface area contributed by atoms with Gasteiger partial charge in [-0.2, -0.15) is 0 Å². The summed E-state index contributed by atoms with van der Waals surface area (Å²) in [6.45, 7) is 5.00. The maximum atomic E-state index is 8.81. The maximum Gasteiger partial charge on any atom is 0.194 e. The fourth-order valence-electron chi connectivity index (χ4n) is 0.799. The lowest BCUT2D eigenvalue weighted by Gasteiger charge is -1.96. The number of aromatic nitrogens is 1. The van der Waals surface area contributed by atoms with Crippen LogP contribution in [-0.2, 0) is 6.42 Å². The molecular weight excluding hydrogens is 206 g/mol. The first kappa shape index (κ1) is 16.9. The van der Waals surface area contributed by atoms with E-state index < -0.39 is 4.92 Å². The smallest absolute Gasteiger partial charge is 0.194 e. The number of hydrogen-bond acceptors (Lipinski definition) is 4. The van der Waals surface area contributed by atoms with Gasteiger partial charge in [0.05, 0.1) is 0 Å². The molecule has 0 amide bonds. The number of nitrogens with one attached hydrogen (secondary N) is 1. The summed E-state index contributed by atoms with van der Waals surface area (Å²) < 4.78 is 0. The van der Waals surface area contributed by atoms with Crippen LogP contribution >= 0.6 is 0 Å². The van der Waals surface area contributed by atoms with Crippen molar-refractivity contribution in [3.63, 3.8) is 0 Å². The van der Waals surface area contributed by atoms with Gasteiger partial charge in [-0.15, -0.1) is 0 Å². The second-order valence-electron chi connectivity index (χ2n) is 2.61. The molecule has 0 radical (unpaired) electrons. The SMILES string of the molecule is CC.CNCCc1ccccn1.C[N+](=O)[O-]. The molecule has 5 nitrogen and oxygen atoms in total. The van der Waals surface area contributed by atoms with Crippen LogP contribution in [-0.4, -0.2) is 30.5 Å². The third-order valence-electron chi connectivity index (χ3n) is 1.36. The van der Waals surface area contributed by atoms with Gasteiger partial charge >= 0.3 is 0 Å². The van der Waals surface area contributed by atoms with Gasteiger partial charge in [-0.25, -0.2) is 0 Å². The molecule has 1 aromatic rings. The summed E-state index contributed by atoms with van der Waals surface area (Å²) >= 11 is 0. The Labute approximate surface area is 97.1 Å². The zero-order valence-electron chi connectivity index (χ0n) is 10.4. The monoisotopic (exact) mass is 227 g/mol. The molecule has 0 fully saturated rings. The van der Waals surface area contributed by atoms with E-state index in [9.17, 15) is 0 Å². The highest BCUT2D eigenvalue weighted by Gasteiger charge is 1.88. The summed E-state index contributed by atoms with van der Waals surface area (Å²) in [5.41, 5.74) is 1.15. The van der Waals surface area contributed by atoms with E-state index in [-0.39, 0.29) is 0 Å². The Balaban J connectivity index is 0. The second kappa shape index (κ2) is 13.5. The normalized spacial score (nSPS) is 8.00. The van der Waals surface area contributed by atoms with Gasteiger partial charge in [-0.3, -0.25) is 15.1 Å². The molecule has 0 saturated heterocycles. The van der Waals surface area contributed by atoms with E-state index in [1.54, 1.807) is 0 Å². The Morgan fingerprint density at radius 1 is 1.44 bits per heavy atom. The minimum Gasteiger partial charge on any atom is -0.319 e. The molecule has 0 spiro atoms. The minimum absolute atomic E-state index is 0.500. The maximum absolute atomic E-state index is 8.81. The zero-order valence-corrected chi connectivity index (χ0v) is 10.4. The third-order valence-corrected chi connectivity index (χ3v) is 1.36. The predicted molar refractivity (Wildman–Crippen MR) is 66.1 cm³/mol. The van der Waals surface area contributed by atoms with Gasteiger partial charge in [-0.1, -0.05) is 19.9 Å². The number of likely N-dealkylation sites (N-methyl/N-ethyl adjacent to an activating group) is 1. The molecule has 0 atom stereocenters. The van der Waals surface area contributed by atoms with Gasteiger partial charge in [-0.05, 0) is 19.2 Å². The Kier molecular flexibility index (Phi) is 14.3. The van der Waals surface area contributed by atoms with Crippen molar-refractivity contribution >= 4 is 0 Å². The lowest BCUT2D eigenvalue weighted by atomic mass is 10.3. The second-order valence-corrected chi connectivity index (χ2v) is 2.61. The van der Waals surface area contributed by atoms with Crippen molar-refractivity contribution in [2.75, 3.05) is 20.6 Å². The van der Waals surface area contributed by atoms with E-state index in [1.807, 2.05) is 45.3 Å². The molecule has 1 N–H and O–H groups in total. The standard InChI is InChI=1S/C8H12N2.C2H6.CH3NO2/c1-9-7-5-8-4-2-3-6-10-8;1-2;1-2(3)4/h2-4,6,9H,5,7H2,1H3;1-2H3;1H3. The number of hydrogen-bond donors (Lipinski definition) is 1. The zero-order chi connectivity index (χ0) is 12.8. The average Bonchev–Trinajstić information content (AvgIpc) is 2.30. The van der Waals surface area contributed by atoms with Gasteiger partial charge in [0, 0.05) is 29.8 Å². The summed E-state index contributed by atoms with van der Waals surface area (Å²) in [6, 6.07) is 5.98. The van der Waals surface area contributed by atoms with Crippen molar-refractivity contribution in [3.8, 4) is 0 Å². The molecule has 1 aromatic heterocycles. The van der Waals surface area contributed by atoms with Crippen LogP contribution in [0.5, 0.6) is 0 Å². The van der Waals surface area contributed by atoms with Crippen LogP contribution in [0.25, 0.3) is 0 Å². The predicted octanol–water partition coefficient (Wildman–Crippen LogP) is 1.76. The molecule has 1 heterocycles. The molecule has 92 valence electrons. The first-order valence-corrected chi connectivity index (χ1v) is 5.29. The van der Waals surface area contributed by atoms with E-state index in [2.05, 4.69) is 10.3 Å². The highest BCUT2D eigenvalue weighted by Crippen LogP contribution is 1.92. The number of nitrogens with zero attached hydrogens (tertiary/aromatic N) is 2. The Bertz CT molecular complexity index is 249. The van der Waals surface area contributed by atoms with Crippen molar-refractivity contribution < 1.29 is 4.92 Å². The molecular formula is C11H21N3O2. The third kappa shape index (κ3) is 15.0. The van der Waals surface area contributed by atoms with Gasteiger partial charge in [0.1, 0.15) is 0 Å². The van der Waals surface area contributed by atoms with Crippen molar-refractivity contribution in [2.45, 2.75) is 20.3 Å². The molecule has 0 unspecified atom stereocenters. The summed E-state index contributed by atoms with van der Waals surface area (Å²) in [5.74, 6) is 0. The van der Waals surface area contributed by atoms with Gasteiger partial charge in [0.25, 0.3) is 0 Å². The van der Waals surface area contributed by atoms with E-state index in [0.29, 0.717) is 0 Å². The number of pyridine rings is 1. The van der Waals surface area contributed by atoms with Crippen molar-refractivity contribution in [1.82, 2.24) is 10.3 Å². The largest absolute Gasteiger partial charge is 0.319 e. The quantitative estimate of drug-likeness (QED) is 0.631. The molecule has 0 aliphatic heterocycles. The van der Waals surface area contributed by atoms with Gasteiger partial charge in [0.2, 0.25) is 0 Å². The van der Waals surface area contributed by atoms with E-state index in [0.717, 1.165) is 25.7 Å². The van der Waals surface area contributed by atoms with E-state index in [4.69, 9.17) is 10.1 Å². The van der Waals surface area contributed by atoms with Crippen LogP contribution in [0.15, 0.2) is 24.4 Å². The Morgan fingerprint density at radius 3 is 2.38 bits per heavy atom. The number of rotatable bonds is 3. The molecule has 16 heavy (non-hydrogen) atoms. The molecule has 0 aliphatic carbocycles. The summed E-state index contributed by atoms with van der Waals surface area (Å²) in [4.78, 5) is 12.5. The molecule has 0 aliphatic rings. The van der Waals surface area contributed by atoms with Crippen LogP contribution < -0.4 is 5.32 Å². The number of nitro groups is 1. The van der Waals surface area contributed by atoms with E-state index >= 15 is 0 Å². The van der Waals surface area contributed by atoms with Gasteiger partial charge < -0.3 is 5.32 Å². The molecule has 0 aromatic carbocycles. The average molecular weight is 227 g/mol. The lowest BCUT2D eigenvalue weighted by Crippen LogP contribution is -2.10. The van der Waals surface area contributed by atoms with Crippen LogP contribution in [0.1, 0.15) is 19.5 Å². The highest BCUT2D eigenvalue weighted by atomic mass is 16.6. The first-order valence-electron chi connectivity index (χ1n) is 5.29. The molecule has 1 rings (SSSR count). The fourth-order valence-corrected chi connectivity index (χ4v) is 0.799. The first-order chi connectivity index (χ1) is 7.66. The summed E-state index contributed by atoms with van der Waals surface area (Å²) in [7, 11) is 2.84. The van der Waals surface area contributed by atoms with Crippen LogP contribution in [0.4, 0.5) is 0 Å². The van der Waals surface area contributed by atoms with Crippen LogP contribution in [0.3, 0.4) is 0 Å². The van der Waals surface area contributed by atoms with E-state index in [1.165, 1.54) is 0 Å². The Hall–Kier alpha value is -1.49. The van der Waals surface area contributed by atoms with Gasteiger partial charge in [0.15, 0.2) is 7.05 Å². The van der Waals surface area contributed by atoms with Crippen LogP contribution in [0, 0.1) is 10.1 Å². The molecule has 0 saturated carbocycles. The lowest BCUT2D eigenvalue weighted by molar-refractivity contribution is -0.445.